The lowest BCUT2D eigenvalue weighted by Crippen LogP contribution is -2.40. The van der Waals surface area contributed by atoms with Crippen LogP contribution in [0.3, 0.4) is 0 Å². The molecule has 0 spiro atoms. The Kier molecular flexibility index (Phi) is 5.14. The monoisotopic (exact) mass is 292 g/mol. The zero-order valence-electron chi connectivity index (χ0n) is 12.0. The molecule has 0 bridgehead atoms. The molecule has 114 valence electrons. The van der Waals surface area contributed by atoms with E-state index >= 15 is 0 Å². The Morgan fingerprint density at radius 3 is 2.76 bits per heavy atom. The van der Waals surface area contributed by atoms with Gasteiger partial charge in [-0.25, -0.2) is 9.78 Å². The molecule has 1 fully saturated rings. The molecule has 1 aliphatic carbocycles. The van der Waals surface area contributed by atoms with Crippen LogP contribution < -0.4 is 10.1 Å². The molecule has 0 saturated heterocycles. The molecule has 0 aromatic carbocycles. The highest BCUT2D eigenvalue weighted by atomic mass is 16.5. The first-order chi connectivity index (χ1) is 10.1. The molecule has 1 aromatic rings. The van der Waals surface area contributed by atoms with Gasteiger partial charge in [0.25, 0.3) is 5.91 Å². The smallest absolute Gasteiger partial charge is 0.358 e. The predicted molar refractivity (Wildman–Crippen MR) is 76.3 cm³/mol. The average Bonchev–Trinajstić information content (AvgIpc) is 2.48. The number of nitrogens with one attached hydrogen (secondary N) is 1. The molecule has 1 heterocycles. The minimum absolute atomic E-state index is 0.109. The number of nitrogens with zero attached hydrogens (tertiary/aromatic N) is 1. The number of carbonyl (C=O) groups is 2. The van der Waals surface area contributed by atoms with Crippen molar-refractivity contribution in [2.24, 2.45) is 5.92 Å². The third-order valence-electron chi connectivity index (χ3n) is 3.71. The van der Waals surface area contributed by atoms with E-state index < -0.39 is 5.97 Å². The summed E-state index contributed by atoms with van der Waals surface area (Å²) in [5.41, 5.74) is -0.184. The Balaban J connectivity index is 1.83. The van der Waals surface area contributed by atoms with Crippen LogP contribution in [0, 0.1) is 5.92 Å². The maximum Gasteiger partial charge on any atom is 0.358 e. The number of rotatable bonds is 5. The van der Waals surface area contributed by atoms with E-state index in [4.69, 9.17) is 9.84 Å². The third-order valence-corrected chi connectivity index (χ3v) is 3.71. The summed E-state index contributed by atoms with van der Waals surface area (Å²) in [5.74, 6) is -0.567. The minimum atomic E-state index is -1.17. The summed E-state index contributed by atoms with van der Waals surface area (Å²) in [6.07, 6.45) is 5.59. The van der Waals surface area contributed by atoms with Crippen molar-refractivity contribution in [1.29, 1.82) is 0 Å². The SMILES string of the molecule is CC1CCC(NC(=O)COc2cccnc2C(=O)O)CC1. The van der Waals surface area contributed by atoms with E-state index in [1.807, 2.05) is 0 Å². The van der Waals surface area contributed by atoms with Crippen LogP contribution in [0.2, 0.25) is 0 Å². The van der Waals surface area contributed by atoms with Crippen LogP contribution >= 0.6 is 0 Å². The highest BCUT2D eigenvalue weighted by Crippen LogP contribution is 2.23. The molecular weight excluding hydrogens is 272 g/mol. The molecule has 1 aliphatic rings. The van der Waals surface area contributed by atoms with Crippen LogP contribution in [-0.4, -0.2) is 34.6 Å². The lowest BCUT2D eigenvalue weighted by Gasteiger charge is -2.26. The van der Waals surface area contributed by atoms with Gasteiger partial charge in [0.15, 0.2) is 18.1 Å². The van der Waals surface area contributed by atoms with Gasteiger partial charge in [-0.2, -0.15) is 0 Å². The summed E-state index contributed by atoms with van der Waals surface area (Å²) in [4.78, 5) is 26.5. The quantitative estimate of drug-likeness (QED) is 0.864. The van der Waals surface area contributed by atoms with Crippen LogP contribution in [0.1, 0.15) is 43.1 Å². The fraction of sp³-hybridized carbons (Fsp3) is 0.533. The van der Waals surface area contributed by atoms with E-state index in [9.17, 15) is 9.59 Å². The summed E-state index contributed by atoms with van der Waals surface area (Å²) in [7, 11) is 0. The molecule has 1 saturated carbocycles. The van der Waals surface area contributed by atoms with Gasteiger partial charge in [-0.15, -0.1) is 0 Å². The van der Waals surface area contributed by atoms with E-state index in [0.717, 1.165) is 31.6 Å². The van der Waals surface area contributed by atoms with Crippen LogP contribution in [0.4, 0.5) is 0 Å². The molecule has 1 aromatic heterocycles. The number of hydrogen-bond donors (Lipinski definition) is 2. The summed E-state index contributed by atoms with van der Waals surface area (Å²) in [6, 6.07) is 3.26. The van der Waals surface area contributed by atoms with Crippen LogP contribution in [0.25, 0.3) is 0 Å². The van der Waals surface area contributed by atoms with Gasteiger partial charge in [0.05, 0.1) is 0 Å². The molecule has 0 unspecified atom stereocenters. The third kappa shape index (κ3) is 4.44. The number of carboxylic acids is 1. The summed E-state index contributed by atoms with van der Waals surface area (Å²) >= 11 is 0. The van der Waals surface area contributed by atoms with Crippen molar-refractivity contribution in [2.75, 3.05) is 6.61 Å². The second-order valence-electron chi connectivity index (χ2n) is 5.47. The molecule has 21 heavy (non-hydrogen) atoms. The number of ether oxygens (including phenoxy) is 1. The van der Waals surface area contributed by atoms with E-state index in [0.29, 0.717) is 0 Å². The summed E-state index contributed by atoms with van der Waals surface area (Å²) in [6.45, 7) is 2.02. The van der Waals surface area contributed by atoms with Crippen LogP contribution in [0.15, 0.2) is 18.3 Å². The normalized spacial score (nSPS) is 21.6. The average molecular weight is 292 g/mol. The maximum absolute atomic E-state index is 11.8. The number of carboxylic acid groups (broad SMARTS) is 1. The zero-order chi connectivity index (χ0) is 15.2. The number of pyridine rings is 1. The number of carbonyl (C=O) groups excluding carboxylic acids is 1. The first-order valence-corrected chi connectivity index (χ1v) is 7.16. The van der Waals surface area contributed by atoms with Crippen LogP contribution in [0.5, 0.6) is 5.75 Å². The number of amides is 1. The van der Waals surface area contributed by atoms with Crippen molar-refractivity contribution < 1.29 is 19.4 Å². The first kappa shape index (κ1) is 15.3. The topological polar surface area (TPSA) is 88.5 Å². The Hall–Kier alpha value is -2.11. The molecule has 2 N–H and O–H groups in total. The highest BCUT2D eigenvalue weighted by molar-refractivity contribution is 5.88. The second kappa shape index (κ2) is 7.06. The Labute approximate surface area is 123 Å². The van der Waals surface area contributed by atoms with Gasteiger partial charge in [-0.3, -0.25) is 4.79 Å². The molecule has 6 heteroatoms. The van der Waals surface area contributed by atoms with Crippen molar-refractivity contribution in [2.45, 2.75) is 38.6 Å². The molecule has 0 atom stereocenters. The maximum atomic E-state index is 11.8. The highest BCUT2D eigenvalue weighted by Gasteiger charge is 2.20. The Morgan fingerprint density at radius 2 is 2.10 bits per heavy atom. The van der Waals surface area contributed by atoms with Crippen LogP contribution in [-0.2, 0) is 4.79 Å². The van der Waals surface area contributed by atoms with Crippen molar-refractivity contribution in [3.63, 3.8) is 0 Å². The van der Waals surface area contributed by atoms with Gasteiger partial charge in [0.2, 0.25) is 0 Å². The van der Waals surface area contributed by atoms with E-state index in [-0.39, 0.29) is 30.0 Å². The summed E-state index contributed by atoms with van der Waals surface area (Å²) in [5, 5.41) is 11.9. The van der Waals surface area contributed by atoms with Gasteiger partial charge >= 0.3 is 5.97 Å². The van der Waals surface area contributed by atoms with Gasteiger partial charge in [-0.1, -0.05) is 6.92 Å². The standard InChI is InChI=1S/C15H20N2O4/c1-10-4-6-11(7-5-10)17-13(18)9-21-12-3-2-8-16-14(12)15(19)20/h2-3,8,10-11H,4-7,9H2,1H3,(H,17,18)(H,19,20). The molecule has 1 amide bonds. The predicted octanol–water partition coefficient (Wildman–Crippen LogP) is 1.85. The number of aromatic carboxylic acids is 1. The lowest BCUT2D eigenvalue weighted by atomic mass is 9.87. The van der Waals surface area contributed by atoms with Gasteiger partial charge in [0, 0.05) is 12.2 Å². The molecule has 0 aliphatic heterocycles. The van der Waals surface area contributed by atoms with Gasteiger partial charge in [-0.05, 0) is 43.7 Å². The largest absolute Gasteiger partial charge is 0.481 e. The molecular formula is C15H20N2O4. The fourth-order valence-corrected chi connectivity index (χ4v) is 2.48. The van der Waals surface area contributed by atoms with Crippen molar-refractivity contribution in [3.8, 4) is 5.75 Å². The molecule has 0 radical (unpaired) electrons. The molecule has 6 nitrogen and oxygen atoms in total. The van der Waals surface area contributed by atoms with E-state index in [1.165, 1.54) is 12.3 Å². The second-order valence-corrected chi connectivity index (χ2v) is 5.47. The summed E-state index contributed by atoms with van der Waals surface area (Å²) < 4.78 is 5.27. The van der Waals surface area contributed by atoms with Gasteiger partial charge in [0.1, 0.15) is 0 Å². The zero-order valence-corrected chi connectivity index (χ0v) is 12.0. The fourth-order valence-electron chi connectivity index (χ4n) is 2.48. The number of aromatic nitrogens is 1. The van der Waals surface area contributed by atoms with Crippen molar-refractivity contribution >= 4 is 11.9 Å². The first-order valence-electron chi connectivity index (χ1n) is 7.16. The number of hydrogen-bond acceptors (Lipinski definition) is 4. The van der Waals surface area contributed by atoms with Gasteiger partial charge < -0.3 is 15.2 Å². The van der Waals surface area contributed by atoms with E-state index in [2.05, 4.69) is 17.2 Å². The Morgan fingerprint density at radius 1 is 1.38 bits per heavy atom. The van der Waals surface area contributed by atoms with Crippen molar-refractivity contribution in [1.82, 2.24) is 10.3 Å². The lowest BCUT2D eigenvalue weighted by molar-refractivity contribution is -0.124. The Bertz CT molecular complexity index is 510. The molecule has 2 rings (SSSR count). The van der Waals surface area contributed by atoms with E-state index in [1.54, 1.807) is 6.07 Å². The minimum Gasteiger partial charge on any atom is -0.481 e. The van der Waals surface area contributed by atoms with Crippen molar-refractivity contribution in [3.05, 3.63) is 24.0 Å².